The van der Waals surface area contributed by atoms with E-state index in [1.165, 1.54) is 6.20 Å². The lowest BCUT2D eigenvalue weighted by atomic mass is 9.78. The Bertz CT molecular complexity index is 471. The van der Waals surface area contributed by atoms with Crippen LogP contribution in [-0.4, -0.2) is 22.2 Å². The van der Waals surface area contributed by atoms with Gasteiger partial charge in [0.25, 0.3) is 0 Å². The van der Waals surface area contributed by atoms with Gasteiger partial charge in [0.05, 0.1) is 0 Å². The molecule has 2 aromatic rings. The molecule has 1 heterocycles. The summed E-state index contributed by atoms with van der Waals surface area (Å²) in [7, 11) is -1.46. The normalized spacial score (nSPS) is 10.5. The van der Waals surface area contributed by atoms with Crippen LogP contribution in [0.2, 0.25) is 0 Å². The molecule has 0 fully saturated rings. The van der Waals surface area contributed by atoms with Crippen molar-refractivity contribution in [2.75, 3.05) is 0 Å². The highest BCUT2D eigenvalue weighted by atomic mass is 16.4. The van der Waals surface area contributed by atoms with Gasteiger partial charge in [-0.25, -0.2) is 0 Å². The lowest BCUT2D eigenvalue weighted by Gasteiger charge is -2.05. The van der Waals surface area contributed by atoms with Crippen LogP contribution in [0.5, 0.6) is 0 Å². The molecule has 0 aliphatic heterocycles. The van der Waals surface area contributed by atoms with Crippen LogP contribution in [0.1, 0.15) is 5.56 Å². The van der Waals surface area contributed by atoms with Crippen molar-refractivity contribution in [3.8, 4) is 0 Å². The number of pyridine rings is 1. The highest BCUT2D eigenvalue weighted by Crippen LogP contribution is 2.12. The molecule has 0 spiro atoms. The van der Waals surface area contributed by atoms with E-state index in [9.17, 15) is 0 Å². The zero-order valence-corrected chi connectivity index (χ0v) is 7.81. The Labute approximate surface area is 82.2 Å². The topological polar surface area (TPSA) is 53.4 Å². The number of fused-ring (bicyclic) bond motifs is 1. The number of hydrogen-bond acceptors (Lipinski definition) is 3. The van der Waals surface area contributed by atoms with E-state index in [4.69, 9.17) is 10.0 Å². The van der Waals surface area contributed by atoms with Crippen LogP contribution >= 0.6 is 0 Å². The molecule has 0 bridgehead atoms. The Kier molecular flexibility index (Phi) is 2.23. The summed E-state index contributed by atoms with van der Waals surface area (Å²) >= 11 is 0. The first-order valence-corrected chi connectivity index (χ1v) is 4.39. The molecular weight excluding hydrogens is 177 g/mol. The fourth-order valence-corrected chi connectivity index (χ4v) is 1.51. The van der Waals surface area contributed by atoms with Crippen LogP contribution in [0.15, 0.2) is 30.6 Å². The molecule has 4 heteroatoms. The first kappa shape index (κ1) is 9.18. The minimum Gasteiger partial charge on any atom is -0.423 e. The quantitative estimate of drug-likeness (QED) is 0.628. The highest BCUT2D eigenvalue weighted by molar-refractivity contribution is 6.61. The molecule has 0 aliphatic carbocycles. The zero-order valence-electron chi connectivity index (χ0n) is 7.81. The molecule has 0 saturated heterocycles. The Morgan fingerprint density at radius 1 is 1.21 bits per heavy atom. The van der Waals surface area contributed by atoms with Gasteiger partial charge in [-0.2, -0.15) is 0 Å². The van der Waals surface area contributed by atoms with Crippen molar-refractivity contribution in [1.82, 2.24) is 4.98 Å². The first-order chi connectivity index (χ1) is 6.68. The fraction of sp³-hybridized carbons (Fsp3) is 0.100. The fourth-order valence-electron chi connectivity index (χ4n) is 1.51. The zero-order chi connectivity index (χ0) is 10.1. The monoisotopic (exact) mass is 187 g/mol. The molecule has 3 nitrogen and oxygen atoms in total. The highest BCUT2D eigenvalue weighted by Gasteiger charge is 2.14. The molecule has 14 heavy (non-hydrogen) atoms. The number of hydrogen-bond donors (Lipinski definition) is 2. The molecule has 2 N–H and O–H groups in total. The van der Waals surface area contributed by atoms with E-state index in [0.29, 0.717) is 5.46 Å². The van der Waals surface area contributed by atoms with E-state index < -0.39 is 7.12 Å². The van der Waals surface area contributed by atoms with Gasteiger partial charge >= 0.3 is 7.12 Å². The van der Waals surface area contributed by atoms with E-state index >= 15 is 0 Å². The van der Waals surface area contributed by atoms with Crippen LogP contribution in [0.25, 0.3) is 10.8 Å². The summed E-state index contributed by atoms with van der Waals surface area (Å²) in [6.45, 7) is 1.97. The van der Waals surface area contributed by atoms with Crippen LogP contribution < -0.4 is 5.46 Å². The standard InChI is InChI=1S/C10H10BNO2/c1-7-2-3-8-5-12-6-10(11(13)14)9(8)4-7/h2-6,13-14H,1H3. The Morgan fingerprint density at radius 2 is 2.00 bits per heavy atom. The third-order valence-electron chi connectivity index (χ3n) is 2.23. The summed E-state index contributed by atoms with van der Waals surface area (Å²) in [6, 6.07) is 5.81. The van der Waals surface area contributed by atoms with Gasteiger partial charge in [0.2, 0.25) is 0 Å². The van der Waals surface area contributed by atoms with E-state index in [1.807, 2.05) is 25.1 Å². The summed E-state index contributed by atoms with van der Waals surface area (Å²) in [6.07, 6.45) is 3.19. The lowest BCUT2D eigenvalue weighted by molar-refractivity contribution is 0.426. The molecule has 1 aromatic heterocycles. The number of benzene rings is 1. The maximum Gasteiger partial charge on any atom is 0.490 e. The third-order valence-corrected chi connectivity index (χ3v) is 2.23. The molecule has 2 rings (SSSR count). The van der Waals surface area contributed by atoms with E-state index in [-0.39, 0.29) is 0 Å². The van der Waals surface area contributed by atoms with Gasteiger partial charge in [-0.05, 0) is 17.7 Å². The number of aromatic nitrogens is 1. The summed E-state index contributed by atoms with van der Waals surface area (Å²) in [5.74, 6) is 0. The minimum absolute atomic E-state index is 0.450. The van der Waals surface area contributed by atoms with E-state index in [1.54, 1.807) is 6.20 Å². The Morgan fingerprint density at radius 3 is 2.71 bits per heavy atom. The van der Waals surface area contributed by atoms with Gasteiger partial charge in [0.15, 0.2) is 0 Å². The molecular formula is C10H10BNO2. The second-order valence-corrected chi connectivity index (χ2v) is 3.33. The lowest BCUT2D eigenvalue weighted by Crippen LogP contribution is -2.30. The van der Waals surface area contributed by atoms with Gasteiger partial charge in [-0.15, -0.1) is 0 Å². The van der Waals surface area contributed by atoms with E-state index in [2.05, 4.69) is 4.98 Å². The van der Waals surface area contributed by atoms with Crippen LogP contribution in [0.3, 0.4) is 0 Å². The van der Waals surface area contributed by atoms with E-state index in [0.717, 1.165) is 16.3 Å². The van der Waals surface area contributed by atoms with Gasteiger partial charge < -0.3 is 10.0 Å². The molecule has 0 amide bonds. The van der Waals surface area contributed by atoms with Crippen molar-refractivity contribution < 1.29 is 10.0 Å². The molecule has 0 unspecified atom stereocenters. The molecule has 1 aromatic carbocycles. The van der Waals surface area contributed by atoms with Gasteiger partial charge in [-0.1, -0.05) is 23.8 Å². The Balaban J connectivity index is 2.77. The predicted molar refractivity (Wildman–Crippen MR) is 56.3 cm³/mol. The van der Waals surface area contributed by atoms with Crippen molar-refractivity contribution in [3.63, 3.8) is 0 Å². The summed E-state index contributed by atoms with van der Waals surface area (Å²) in [5.41, 5.74) is 1.54. The second kappa shape index (κ2) is 3.40. The maximum absolute atomic E-state index is 9.13. The van der Waals surface area contributed by atoms with Crippen molar-refractivity contribution >= 4 is 23.4 Å². The number of rotatable bonds is 1. The molecule has 0 saturated carbocycles. The Hall–Kier alpha value is -1.39. The van der Waals surface area contributed by atoms with Crippen molar-refractivity contribution in [2.45, 2.75) is 6.92 Å². The van der Waals surface area contributed by atoms with Crippen LogP contribution in [0, 0.1) is 6.92 Å². The largest absolute Gasteiger partial charge is 0.490 e. The number of nitrogens with zero attached hydrogens (tertiary/aromatic N) is 1. The maximum atomic E-state index is 9.13. The average molecular weight is 187 g/mol. The van der Waals surface area contributed by atoms with Crippen LogP contribution in [-0.2, 0) is 0 Å². The molecule has 0 radical (unpaired) electrons. The average Bonchev–Trinajstić information content (AvgIpc) is 2.16. The summed E-state index contributed by atoms with van der Waals surface area (Å²) in [4.78, 5) is 3.94. The predicted octanol–water partition coefficient (Wildman–Crippen LogP) is 0.223. The van der Waals surface area contributed by atoms with Crippen molar-refractivity contribution in [3.05, 3.63) is 36.2 Å². The smallest absolute Gasteiger partial charge is 0.423 e. The van der Waals surface area contributed by atoms with Gasteiger partial charge in [-0.3, -0.25) is 4.98 Å². The summed E-state index contributed by atoms with van der Waals surface area (Å²) < 4.78 is 0. The van der Waals surface area contributed by atoms with Crippen molar-refractivity contribution in [1.29, 1.82) is 0 Å². The SMILES string of the molecule is Cc1ccc2cncc(B(O)O)c2c1. The minimum atomic E-state index is -1.46. The second-order valence-electron chi connectivity index (χ2n) is 3.33. The van der Waals surface area contributed by atoms with Gasteiger partial charge in [0, 0.05) is 17.9 Å². The molecule has 70 valence electrons. The molecule has 0 atom stereocenters. The molecule has 0 aliphatic rings. The summed E-state index contributed by atoms with van der Waals surface area (Å²) in [5, 5.41) is 20.0. The van der Waals surface area contributed by atoms with Gasteiger partial charge in [0.1, 0.15) is 0 Å². The third kappa shape index (κ3) is 1.50. The number of aryl methyl sites for hydroxylation is 1. The van der Waals surface area contributed by atoms with Crippen LogP contribution in [0.4, 0.5) is 0 Å². The first-order valence-electron chi connectivity index (χ1n) is 4.39. The van der Waals surface area contributed by atoms with Crippen molar-refractivity contribution in [2.24, 2.45) is 0 Å².